The minimum atomic E-state index is -4.58. The van der Waals surface area contributed by atoms with E-state index in [2.05, 4.69) is 15.3 Å². The largest absolute Gasteiger partial charge is 0.433 e. The van der Waals surface area contributed by atoms with E-state index in [-0.39, 0.29) is 17.6 Å². The van der Waals surface area contributed by atoms with Crippen molar-refractivity contribution < 1.29 is 18.3 Å². The van der Waals surface area contributed by atoms with Crippen molar-refractivity contribution in [1.29, 1.82) is 0 Å². The van der Waals surface area contributed by atoms with Crippen molar-refractivity contribution in [2.45, 2.75) is 44.5 Å². The van der Waals surface area contributed by atoms with Crippen LogP contribution < -0.4 is 5.32 Å². The molecule has 0 unspecified atom stereocenters. The summed E-state index contributed by atoms with van der Waals surface area (Å²) in [4.78, 5) is 7.44. The van der Waals surface area contributed by atoms with Gasteiger partial charge in [0.15, 0.2) is 5.69 Å². The van der Waals surface area contributed by atoms with E-state index in [1.807, 2.05) is 0 Å². The second-order valence-corrected chi connectivity index (χ2v) is 5.65. The normalized spacial score (nSPS) is 28.9. The molecular formula is C13H16F3N3O. The van der Waals surface area contributed by atoms with Gasteiger partial charge in [0.2, 0.25) is 5.95 Å². The van der Waals surface area contributed by atoms with Gasteiger partial charge in [0.05, 0.1) is 6.61 Å². The Morgan fingerprint density at radius 1 is 1.30 bits per heavy atom. The number of hydrogen-bond acceptors (Lipinski definition) is 4. The second-order valence-electron chi connectivity index (χ2n) is 5.65. The van der Waals surface area contributed by atoms with Gasteiger partial charge >= 0.3 is 6.18 Å². The van der Waals surface area contributed by atoms with E-state index in [0.29, 0.717) is 11.8 Å². The molecule has 0 aliphatic heterocycles. The molecule has 2 saturated carbocycles. The SMILES string of the molecule is OCc1cnc(N[C@@H]2C[C@H]3CC[C@@H]2C3)nc1C(F)(F)F. The summed E-state index contributed by atoms with van der Waals surface area (Å²) in [6.45, 7) is -0.719. The standard InChI is InChI=1S/C13H16F3N3O/c14-13(15,16)11-9(6-20)5-17-12(19-11)18-10-4-7-1-2-8(10)3-7/h5,7-8,10,20H,1-4,6H2,(H,17,18,19)/t7-,8+,10+/m0/s1. The number of aromatic nitrogens is 2. The molecule has 0 spiro atoms. The van der Waals surface area contributed by atoms with E-state index in [4.69, 9.17) is 5.11 Å². The first-order chi connectivity index (χ1) is 9.47. The summed E-state index contributed by atoms with van der Waals surface area (Å²) in [6.07, 6.45) is 0.956. The van der Waals surface area contributed by atoms with E-state index in [9.17, 15) is 13.2 Å². The summed E-state index contributed by atoms with van der Waals surface area (Å²) in [6, 6.07) is 0.176. The van der Waals surface area contributed by atoms with Gasteiger partial charge < -0.3 is 10.4 Å². The quantitative estimate of drug-likeness (QED) is 0.897. The number of rotatable bonds is 3. The monoisotopic (exact) mass is 287 g/mol. The molecular weight excluding hydrogens is 271 g/mol. The van der Waals surface area contributed by atoms with Gasteiger partial charge in [-0.15, -0.1) is 0 Å². The number of alkyl halides is 3. The molecule has 2 N–H and O–H groups in total. The zero-order chi connectivity index (χ0) is 14.3. The summed E-state index contributed by atoms with van der Waals surface area (Å²) in [5.74, 6) is 1.22. The van der Waals surface area contributed by atoms with Crippen LogP contribution in [0.2, 0.25) is 0 Å². The fourth-order valence-corrected chi connectivity index (χ4v) is 3.42. The topological polar surface area (TPSA) is 58.0 Å². The molecule has 3 rings (SSSR count). The molecule has 2 fully saturated rings. The molecule has 3 atom stereocenters. The summed E-state index contributed by atoms with van der Waals surface area (Å²) >= 11 is 0. The third-order valence-electron chi connectivity index (χ3n) is 4.36. The Morgan fingerprint density at radius 2 is 2.10 bits per heavy atom. The Balaban J connectivity index is 1.80. The van der Waals surface area contributed by atoms with Crippen molar-refractivity contribution in [2.75, 3.05) is 5.32 Å². The number of nitrogens with one attached hydrogen (secondary N) is 1. The summed E-state index contributed by atoms with van der Waals surface area (Å²) < 4.78 is 38.5. The van der Waals surface area contributed by atoms with Crippen LogP contribution in [0.15, 0.2) is 6.20 Å². The Labute approximate surface area is 114 Å². The molecule has 2 bridgehead atoms. The van der Waals surface area contributed by atoms with Crippen LogP contribution in [0.1, 0.15) is 36.9 Å². The summed E-state index contributed by atoms with van der Waals surface area (Å²) in [7, 11) is 0. The fourth-order valence-electron chi connectivity index (χ4n) is 3.42. The van der Waals surface area contributed by atoms with Crippen LogP contribution in [0.3, 0.4) is 0 Å². The molecule has 1 heterocycles. The van der Waals surface area contributed by atoms with Crippen molar-refractivity contribution >= 4 is 5.95 Å². The molecule has 0 amide bonds. The molecule has 110 valence electrons. The third-order valence-corrected chi connectivity index (χ3v) is 4.36. The zero-order valence-electron chi connectivity index (χ0n) is 10.8. The number of hydrogen-bond donors (Lipinski definition) is 2. The first kappa shape index (κ1) is 13.6. The van der Waals surface area contributed by atoms with E-state index in [1.54, 1.807) is 0 Å². The highest BCUT2D eigenvalue weighted by molar-refractivity contribution is 5.32. The summed E-state index contributed by atoms with van der Waals surface area (Å²) in [5.41, 5.74) is -1.35. The lowest BCUT2D eigenvalue weighted by Crippen LogP contribution is -2.27. The van der Waals surface area contributed by atoms with Crippen molar-refractivity contribution in [3.8, 4) is 0 Å². The van der Waals surface area contributed by atoms with Gasteiger partial charge in [-0.2, -0.15) is 13.2 Å². The fraction of sp³-hybridized carbons (Fsp3) is 0.692. The lowest BCUT2D eigenvalue weighted by molar-refractivity contribution is -0.142. The minimum Gasteiger partial charge on any atom is -0.392 e. The van der Waals surface area contributed by atoms with Crippen molar-refractivity contribution in [3.05, 3.63) is 17.5 Å². The van der Waals surface area contributed by atoms with Crippen LogP contribution in [-0.2, 0) is 12.8 Å². The van der Waals surface area contributed by atoms with E-state index < -0.39 is 18.5 Å². The highest BCUT2D eigenvalue weighted by atomic mass is 19.4. The second kappa shape index (κ2) is 4.87. The van der Waals surface area contributed by atoms with Crippen LogP contribution in [0.4, 0.5) is 19.1 Å². The molecule has 1 aromatic rings. The number of fused-ring (bicyclic) bond motifs is 2. The first-order valence-corrected chi connectivity index (χ1v) is 6.78. The van der Waals surface area contributed by atoms with Crippen LogP contribution >= 0.6 is 0 Å². The van der Waals surface area contributed by atoms with E-state index in [1.165, 1.54) is 6.42 Å². The van der Waals surface area contributed by atoms with Crippen molar-refractivity contribution in [3.63, 3.8) is 0 Å². The molecule has 7 heteroatoms. The highest BCUT2D eigenvalue weighted by Crippen LogP contribution is 2.45. The van der Waals surface area contributed by atoms with Crippen molar-refractivity contribution in [1.82, 2.24) is 9.97 Å². The summed E-state index contributed by atoms with van der Waals surface area (Å²) in [5, 5.41) is 12.0. The molecule has 1 aromatic heterocycles. The zero-order valence-corrected chi connectivity index (χ0v) is 10.8. The Morgan fingerprint density at radius 3 is 2.65 bits per heavy atom. The molecule has 2 aliphatic rings. The average molecular weight is 287 g/mol. The Bertz CT molecular complexity index is 506. The van der Waals surface area contributed by atoms with Crippen LogP contribution in [0, 0.1) is 11.8 Å². The first-order valence-electron chi connectivity index (χ1n) is 6.78. The van der Waals surface area contributed by atoms with Gasteiger partial charge in [0.1, 0.15) is 0 Å². The molecule has 4 nitrogen and oxygen atoms in total. The lowest BCUT2D eigenvalue weighted by atomic mass is 9.95. The number of aliphatic hydroxyl groups is 1. The van der Waals surface area contributed by atoms with Gasteiger partial charge in [-0.1, -0.05) is 6.42 Å². The predicted molar refractivity (Wildman–Crippen MR) is 65.8 cm³/mol. The molecule has 0 saturated heterocycles. The molecule has 0 radical (unpaired) electrons. The maximum absolute atomic E-state index is 12.8. The van der Waals surface area contributed by atoms with E-state index >= 15 is 0 Å². The van der Waals surface area contributed by atoms with Crippen LogP contribution in [-0.4, -0.2) is 21.1 Å². The minimum absolute atomic E-state index is 0.00655. The molecule has 2 aliphatic carbocycles. The van der Waals surface area contributed by atoms with Gasteiger partial charge in [-0.25, -0.2) is 9.97 Å². The highest BCUT2D eigenvalue weighted by Gasteiger charge is 2.40. The van der Waals surface area contributed by atoms with Gasteiger partial charge in [-0.3, -0.25) is 0 Å². The van der Waals surface area contributed by atoms with Gasteiger partial charge in [0.25, 0.3) is 0 Å². The van der Waals surface area contributed by atoms with Gasteiger partial charge in [-0.05, 0) is 31.1 Å². The molecule has 0 aromatic carbocycles. The number of aliphatic hydroxyl groups excluding tert-OH is 1. The number of anilines is 1. The van der Waals surface area contributed by atoms with Crippen LogP contribution in [0.5, 0.6) is 0 Å². The van der Waals surface area contributed by atoms with Crippen molar-refractivity contribution in [2.24, 2.45) is 11.8 Å². The maximum Gasteiger partial charge on any atom is 0.433 e. The third kappa shape index (κ3) is 2.46. The van der Waals surface area contributed by atoms with E-state index in [0.717, 1.165) is 25.5 Å². The molecule has 20 heavy (non-hydrogen) atoms. The average Bonchev–Trinajstić information content (AvgIpc) is 3.00. The Kier molecular flexibility index (Phi) is 3.32. The smallest absolute Gasteiger partial charge is 0.392 e. The number of nitrogens with zero attached hydrogens (tertiary/aromatic N) is 2. The predicted octanol–water partition coefficient (Wildman–Crippen LogP) is 2.59. The number of halogens is 3. The van der Waals surface area contributed by atoms with Gasteiger partial charge in [0, 0.05) is 17.8 Å². The van der Waals surface area contributed by atoms with Crippen LogP contribution in [0.25, 0.3) is 0 Å². The maximum atomic E-state index is 12.8. The lowest BCUT2D eigenvalue weighted by Gasteiger charge is -2.23. The Hall–Kier alpha value is -1.37.